The van der Waals surface area contributed by atoms with Gasteiger partial charge in [-0.2, -0.15) is 13.8 Å². The number of hydrogen-bond acceptors (Lipinski definition) is 8. The molecule has 1 aliphatic heterocycles. The van der Waals surface area contributed by atoms with Crippen molar-refractivity contribution < 1.29 is 32.9 Å². The molecule has 1 aromatic rings. The van der Waals surface area contributed by atoms with Gasteiger partial charge in [0.2, 0.25) is 12.3 Å². The van der Waals surface area contributed by atoms with Gasteiger partial charge in [-0.15, -0.1) is 0 Å². The van der Waals surface area contributed by atoms with Crippen molar-refractivity contribution in [1.29, 1.82) is 0 Å². The third kappa shape index (κ3) is 4.04. The Morgan fingerprint density at radius 1 is 1.52 bits per heavy atom. The van der Waals surface area contributed by atoms with Crippen LogP contribution in [-0.2, 0) is 14.2 Å². The lowest BCUT2D eigenvalue weighted by molar-refractivity contribution is -0.149. The van der Waals surface area contributed by atoms with Gasteiger partial charge in [-0.3, -0.25) is 4.57 Å². The fraction of sp³-hybridized carbons (Fsp3) is 0.643. The van der Waals surface area contributed by atoms with Gasteiger partial charge in [0.25, 0.3) is 0 Å². The van der Waals surface area contributed by atoms with E-state index in [1.165, 1.54) is 20.8 Å². The summed E-state index contributed by atoms with van der Waals surface area (Å²) in [5.41, 5.74) is 3.29. The molecule has 25 heavy (non-hydrogen) atoms. The minimum absolute atomic E-state index is 0.150. The van der Waals surface area contributed by atoms with Crippen LogP contribution in [-0.4, -0.2) is 51.2 Å². The zero-order valence-electron chi connectivity index (χ0n) is 13.8. The van der Waals surface area contributed by atoms with Crippen LogP contribution in [0.4, 0.5) is 19.4 Å². The maximum Gasteiger partial charge on any atom is 0.509 e. The number of halogens is 2. The second kappa shape index (κ2) is 6.56. The summed E-state index contributed by atoms with van der Waals surface area (Å²) in [4.78, 5) is 26.8. The number of rotatable bonds is 3. The number of nitrogen functional groups attached to an aromatic ring is 1. The lowest BCUT2D eigenvalue weighted by Gasteiger charge is -2.25. The molecule has 2 heterocycles. The van der Waals surface area contributed by atoms with Gasteiger partial charge in [0, 0.05) is 6.20 Å². The maximum absolute atomic E-state index is 14.7. The van der Waals surface area contributed by atoms with E-state index in [0.29, 0.717) is 4.57 Å². The Kier molecular flexibility index (Phi) is 5.00. The van der Waals surface area contributed by atoms with Crippen molar-refractivity contribution in [2.24, 2.45) is 0 Å². The quantitative estimate of drug-likeness (QED) is 0.751. The average molecular weight is 363 g/mol. The van der Waals surface area contributed by atoms with Gasteiger partial charge in [0.1, 0.15) is 17.5 Å². The van der Waals surface area contributed by atoms with E-state index >= 15 is 0 Å². The summed E-state index contributed by atoms with van der Waals surface area (Å²) in [5, 5.41) is 9.28. The van der Waals surface area contributed by atoms with Gasteiger partial charge in [-0.1, -0.05) is 0 Å². The summed E-state index contributed by atoms with van der Waals surface area (Å²) in [7, 11) is 0. The zero-order valence-corrected chi connectivity index (χ0v) is 13.8. The van der Waals surface area contributed by atoms with Crippen molar-refractivity contribution in [2.45, 2.75) is 50.7 Å². The van der Waals surface area contributed by atoms with E-state index in [1.807, 2.05) is 0 Å². The van der Waals surface area contributed by atoms with E-state index in [9.17, 15) is 23.5 Å². The van der Waals surface area contributed by atoms with Crippen molar-refractivity contribution in [3.63, 3.8) is 0 Å². The SMILES string of the molecule is CC(C)(C)OC(=O)O[C@@H]1C(CO)OC(n2ccc(N)nc2=O)C1(F)F. The lowest BCUT2D eigenvalue weighted by atomic mass is 10.1. The van der Waals surface area contributed by atoms with Gasteiger partial charge in [-0.05, 0) is 26.8 Å². The number of nitrogens with zero attached hydrogens (tertiary/aromatic N) is 2. The standard InChI is InChI=1S/C14H19F2N3O6/c1-13(2,3)25-12(22)24-9-7(6-20)23-10(14(9,15)16)19-5-4-8(17)18-11(19)21/h4-5,7,9-10,20H,6H2,1-3H3,(H2,17,18,21)/t7?,9-,10?/m1/s1. The van der Waals surface area contributed by atoms with E-state index in [-0.39, 0.29) is 5.82 Å². The van der Waals surface area contributed by atoms with E-state index in [0.717, 1.165) is 12.3 Å². The molecule has 1 aromatic heterocycles. The van der Waals surface area contributed by atoms with E-state index in [1.54, 1.807) is 0 Å². The zero-order chi connectivity index (χ0) is 19.0. The Labute approximate surface area is 141 Å². The summed E-state index contributed by atoms with van der Waals surface area (Å²) in [6, 6.07) is 1.14. The number of nitrogens with two attached hydrogens (primary N) is 1. The largest absolute Gasteiger partial charge is 0.509 e. The Morgan fingerprint density at radius 2 is 2.16 bits per heavy atom. The number of aliphatic hydroxyl groups excluding tert-OH is 1. The molecule has 140 valence electrons. The normalized spacial score (nSPS) is 25.6. The fourth-order valence-electron chi connectivity index (χ4n) is 2.24. The van der Waals surface area contributed by atoms with E-state index < -0.39 is 48.4 Å². The molecule has 0 bridgehead atoms. The van der Waals surface area contributed by atoms with Gasteiger partial charge in [-0.25, -0.2) is 9.59 Å². The molecule has 2 unspecified atom stereocenters. The Bertz CT molecular complexity index is 703. The Balaban J connectivity index is 2.29. The van der Waals surface area contributed by atoms with Gasteiger partial charge in [0.15, 0.2) is 0 Å². The number of alkyl halides is 2. The summed E-state index contributed by atoms with van der Waals surface area (Å²) in [6.07, 6.45) is -6.20. The Hall–Kier alpha value is -2.27. The number of aliphatic hydroxyl groups is 1. The molecule has 2 rings (SSSR count). The lowest BCUT2D eigenvalue weighted by Crippen LogP contribution is -2.45. The molecule has 1 saturated heterocycles. The molecule has 0 saturated carbocycles. The van der Waals surface area contributed by atoms with Crippen LogP contribution in [0.3, 0.4) is 0 Å². The third-order valence-electron chi connectivity index (χ3n) is 3.25. The first-order valence-electron chi connectivity index (χ1n) is 7.34. The summed E-state index contributed by atoms with van der Waals surface area (Å²) < 4.78 is 44.4. The van der Waals surface area contributed by atoms with Crippen molar-refractivity contribution in [1.82, 2.24) is 9.55 Å². The number of carbonyl (C=O) groups is 1. The van der Waals surface area contributed by atoms with Crippen molar-refractivity contribution in [3.05, 3.63) is 22.7 Å². The minimum atomic E-state index is -3.83. The molecule has 0 aromatic carbocycles. The third-order valence-corrected chi connectivity index (χ3v) is 3.25. The summed E-state index contributed by atoms with van der Waals surface area (Å²) >= 11 is 0. The highest BCUT2D eigenvalue weighted by Crippen LogP contribution is 2.44. The number of anilines is 1. The highest BCUT2D eigenvalue weighted by atomic mass is 19.3. The molecular weight excluding hydrogens is 344 g/mol. The second-order valence-corrected chi connectivity index (χ2v) is 6.43. The van der Waals surface area contributed by atoms with Crippen LogP contribution in [0.2, 0.25) is 0 Å². The highest BCUT2D eigenvalue weighted by Gasteiger charge is 2.62. The molecule has 3 N–H and O–H groups in total. The van der Waals surface area contributed by atoms with Crippen LogP contribution < -0.4 is 11.4 Å². The monoisotopic (exact) mass is 363 g/mol. The summed E-state index contributed by atoms with van der Waals surface area (Å²) in [6.45, 7) is 3.73. The van der Waals surface area contributed by atoms with Crippen molar-refractivity contribution >= 4 is 12.0 Å². The molecule has 11 heteroatoms. The number of aromatic nitrogens is 2. The molecule has 0 radical (unpaired) electrons. The van der Waals surface area contributed by atoms with Crippen LogP contribution in [0, 0.1) is 0 Å². The van der Waals surface area contributed by atoms with Crippen molar-refractivity contribution in [2.75, 3.05) is 12.3 Å². The smallest absolute Gasteiger partial charge is 0.429 e. The maximum atomic E-state index is 14.7. The highest BCUT2D eigenvalue weighted by molar-refractivity contribution is 5.61. The predicted molar refractivity (Wildman–Crippen MR) is 80.0 cm³/mol. The van der Waals surface area contributed by atoms with Crippen LogP contribution in [0.15, 0.2) is 17.1 Å². The number of hydrogen-bond donors (Lipinski definition) is 2. The average Bonchev–Trinajstić information content (AvgIpc) is 2.69. The van der Waals surface area contributed by atoms with Gasteiger partial charge < -0.3 is 25.1 Å². The molecule has 3 atom stereocenters. The van der Waals surface area contributed by atoms with Gasteiger partial charge in [0.05, 0.1) is 6.61 Å². The topological polar surface area (TPSA) is 126 Å². The molecule has 0 spiro atoms. The molecule has 9 nitrogen and oxygen atoms in total. The number of carbonyl (C=O) groups excluding carboxylic acids is 1. The van der Waals surface area contributed by atoms with Crippen molar-refractivity contribution in [3.8, 4) is 0 Å². The molecule has 0 aliphatic carbocycles. The van der Waals surface area contributed by atoms with Crippen LogP contribution in [0.5, 0.6) is 0 Å². The number of ether oxygens (including phenoxy) is 3. The van der Waals surface area contributed by atoms with E-state index in [4.69, 9.17) is 15.2 Å². The molecule has 0 amide bonds. The molecular formula is C14H19F2N3O6. The van der Waals surface area contributed by atoms with Gasteiger partial charge >= 0.3 is 17.8 Å². The first-order valence-corrected chi connectivity index (χ1v) is 7.34. The predicted octanol–water partition coefficient (Wildman–Crippen LogP) is 0.671. The summed E-state index contributed by atoms with van der Waals surface area (Å²) in [5.74, 6) is -3.98. The molecule has 1 aliphatic rings. The minimum Gasteiger partial charge on any atom is -0.429 e. The first-order chi connectivity index (χ1) is 11.5. The van der Waals surface area contributed by atoms with E-state index in [2.05, 4.69) is 9.72 Å². The first kappa shape index (κ1) is 19.1. The fourth-order valence-corrected chi connectivity index (χ4v) is 2.24. The van der Waals surface area contributed by atoms with Crippen LogP contribution in [0.1, 0.15) is 27.0 Å². The van der Waals surface area contributed by atoms with Crippen LogP contribution in [0.25, 0.3) is 0 Å². The van der Waals surface area contributed by atoms with Crippen LogP contribution >= 0.6 is 0 Å². The second-order valence-electron chi connectivity index (χ2n) is 6.43. The Morgan fingerprint density at radius 3 is 2.68 bits per heavy atom. The molecule has 1 fully saturated rings.